The molecule has 1 N–H and O–H groups in total. The summed E-state index contributed by atoms with van der Waals surface area (Å²) in [4.78, 5) is 36.3. The fourth-order valence-electron chi connectivity index (χ4n) is 2.79. The first-order valence-corrected chi connectivity index (χ1v) is 10.1. The van der Waals surface area contributed by atoms with Crippen molar-refractivity contribution in [1.29, 1.82) is 0 Å². The van der Waals surface area contributed by atoms with E-state index in [9.17, 15) is 9.59 Å². The molecule has 2 rings (SSSR count). The van der Waals surface area contributed by atoms with Gasteiger partial charge >= 0.3 is 0 Å². The number of anilines is 1. The molecular formula is C17H26ClN5O2S. The molecule has 1 aromatic heterocycles. The normalized spacial score (nSPS) is 18.6. The second-order valence-electron chi connectivity index (χ2n) is 6.50. The fourth-order valence-corrected chi connectivity index (χ4v) is 3.69. The lowest BCUT2D eigenvalue weighted by molar-refractivity contribution is -0.131. The third kappa shape index (κ3) is 5.74. The summed E-state index contributed by atoms with van der Waals surface area (Å²) >= 11 is 7.42. The van der Waals surface area contributed by atoms with E-state index in [1.54, 1.807) is 13.0 Å². The molecule has 0 spiro atoms. The second-order valence-corrected chi connectivity index (χ2v) is 7.83. The Morgan fingerprint density at radius 1 is 1.42 bits per heavy atom. The Morgan fingerprint density at radius 3 is 2.77 bits per heavy atom. The number of piperazine rings is 1. The Morgan fingerprint density at radius 2 is 2.15 bits per heavy atom. The molecule has 2 atom stereocenters. The molecule has 0 aliphatic carbocycles. The molecule has 1 aromatic rings. The number of nitrogens with one attached hydrogen (secondary N) is 1. The summed E-state index contributed by atoms with van der Waals surface area (Å²) in [6.07, 6.45) is 0.888. The van der Waals surface area contributed by atoms with Gasteiger partial charge in [-0.2, -0.15) is 0 Å². The molecule has 7 nitrogen and oxygen atoms in total. The molecule has 2 amide bonds. The maximum Gasteiger partial charge on any atom is 0.230 e. The third-order valence-corrected chi connectivity index (χ3v) is 5.41. The van der Waals surface area contributed by atoms with Crippen LogP contribution in [0.2, 0.25) is 5.15 Å². The van der Waals surface area contributed by atoms with Gasteiger partial charge in [0.25, 0.3) is 0 Å². The van der Waals surface area contributed by atoms with Crippen LogP contribution in [0.1, 0.15) is 34.1 Å². The van der Waals surface area contributed by atoms with E-state index in [1.165, 1.54) is 11.8 Å². The van der Waals surface area contributed by atoms with Crippen molar-refractivity contribution in [1.82, 2.24) is 20.2 Å². The summed E-state index contributed by atoms with van der Waals surface area (Å²) in [7, 11) is 0. The van der Waals surface area contributed by atoms with Crippen molar-refractivity contribution in [2.45, 2.75) is 51.4 Å². The van der Waals surface area contributed by atoms with Crippen LogP contribution in [0.3, 0.4) is 0 Å². The lowest BCUT2D eigenvalue weighted by atomic mass is 10.2. The number of carbonyl (C=O) groups excluding carboxylic acids is 2. The number of aromatic nitrogens is 2. The highest BCUT2D eigenvalue weighted by Gasteiger charge is 2.26. The van der Waals surface area contributed by atoms with Crippen molar-refractivity contribution < 1.29 is 9.59 Å². The van der Waals surface area contributed by atoms with E-state index in [0.717, 1.165) is 12.2 Å². The molecular weight excluding hydrogens is 374 g/mol. The Hall–Kier alpha value is -1.54. The highest BCUT2D eigenvalue weighted by Crippen LogP contribution is 2.24. The minimum Gasteiger partial charge on any atom is -0.353 e. The molecule has 9 heteroatoms. The molecule has 1 fully saturated rings. The van der Waals surface area contributed by atoms with Crippen molar-refractivity contribution in [3.8, 4) is 0 Å². The van der Waals surface area contributed by atoms with Gasteiger partial charge in [0.05, 0.1) is 5.75 Å². The van der Waals surface area contributed by atoms with E-state index in [0.29, 0.717) is 29.9 Å². The van der Waals surface area contributed by atoms with E-state index in [4.69, 9.17) is 11.6 Å². The molecule has 144 valence electrons. The van der Waals surface area contributed by atoms with Crippen LogP contribution >= 0.6 is 23.4 Å². The average Bonchev–Trinajstić information content (AvgIpc) is 2.59. The Labute approximate surface area is 163 Å². The molecule has 1 saturated heterocycles. The van der Waals surface area contributed by atoms with E-state index in [-0.39, 0.29) is 29.7 Å². The lowest BCUT2D eigenvalue weighted by Crippen LogP contribution is -2.53. The van der Waals surface area contributed by atoms with Gasteiger partial charge in [-0.1, -0.05) is 30.3 Å². The maximum atomic E-state index is 11.9. The van der Waals surface area contributed by atoms with Crippen LogP contribution in [-0.2, 0) is 9.59 Å². The summed E-state index contributed by atoms with van der Waals surface area (Å²) in [5, 5.41) is 3.75. The van der Waals surface area contributed by atoms with Crippen molar-refractivity contribution in [3.63, 3.8) is 0 Å². The highest BCUT2D eigenvalue weighted by molar-refractivity contribution is 7.99. The quantitative estimate of drug-likeness (QED) is 0.449. The van der Waals surface area contributed by atoms with Gasteiger partial charge in [0.15, 0.2) is 5.16 Å². The predicted octanol–water partition coefficient (Wildman–Crippen LogP) is 2.19. The van der Waals surface area contributed by atoms with Gasteiger partial charge in [-0.25, -0.2) is 9.97 Å². The molecule has 0 radical (unpaired) electrons. The summed E-state index contributed by atoms with van der Waals surface area (Å²) in [5.41, 5.74) is 0. The van der Waals surface area contributed by atoms with Gasteiger partial charge in [0.2, 0.25) is 11.8 Å². The van der Waals surface area contributed by atoms with Crippen LogP contribution in [0.5, 0.6) is 0 Å². The third-order valence-electron chi connectivity index (χ3n) is 4.37. The SMILES string of the molecule is CCC(C)NC(=O)CSc1nc(Cl)cc(N2CCN(C(C)=O)C(C)C2)n1. The predicted molar refractivity (Wildman–Crippen MR) is 105 cm³/mol. The van der Waals surface area contributed by atoms with Gasteiger partial charge in [-0.05, 0) is 20.3 Å². The number of rotatable bonds is 6. The number of hydrogen-bond donors (Lipinski definition) is 1. The number of amides is 2. The highest BCUT2D eigenvalue weighted by atomic mass is 35.5. The first-order valence-electron chi connectivity index (χ1n) is 8.79. The summed E-state index contributed by atoms with van der Waals surface area (Å²) in [6, 6.07) is 1.98. The zero-order chi connectivity index (χ0) is 19.3. The summed E-state index contributed by atoms with van der Waals surface area (Å²) in [5.74, 6) is 1.02. The maximum absolute atomic E-state index is 11.9. The van der Waals surface area contributed by atoms with E-state index < -0.39 is 0 Å². The summed E-state index contributed by atoms with van der Waals surface area (Å²) < 4.78 is 0. The molecule has 0 bridgehead atoms. The van der Waals surface area contributed by atoms with Crippen LogP contribution in [-0.4, -0.2) is 64.2 Å². The van der Waals surface area contributed by atoms with E-state index >= 15 is 0 Å². The minimum atomic E-state index is -0.0434. The first-order chi connectivity index (χ1) is 12.3. The van der Waals surface area contributed by atoms with E-state index in [1.807, 2.05) is 25.7 Å². The monoisotopic (exact) mass is 399 g/mol. The van der Waals surface area contributed by atoms with Crippen molar-refractivity contribution in [2.75, 3.05) is 30.3 Å². The van der Waals surface area contributed by atoms with Gasteiger partial charge in [0, 0.05) is 44.7 Å². The van der Waals surface area contributed by atoms with Crippen LogP contribution in [0.15, 0.2) is 11.2 Å². The van der Waals surface area contributed by atoms with Crippen molar-refractivity contribution in [3.05, 3.63) is 11.2 Å². The Kier molecular flexibility index (Phi) is 7.52. The Balaban J connectivity index is 2.01. The molecule has 2 heterocycles. The molecule has 1 aliphatic rings. The zero-order valence-electron chi connectivity index (χ0n) is 15.7. The number of thioether (sulfide) groups is 1. The second kappa shape index (κ2) is 9.41. The standard InChI is InChI=1S/C17H26ClN5O2S/c1-5-11(2)19-16(25)10-26-17-20-14(18)8-15(21-17)22-6-7-23(13(4)24)12(3)9-22/h8,11-12H,5-7,9-10H2,1-4H3,(H,19,25). The van der Waals surface area contributed by atoms with Gasteiger partial charge in [0.1, 0.15) is 11.0 Å². The van der Waals surface area contributed by atoms with Crippen LogP contribution in [0, 0.1) is 0 Å². The van der Waals surface area contributed by atoms with E-state index in [2.05, 4.69) is 20.2 Å². The van der Waals surface area contributed by atoms with Crippen LogP contribution in [0.4, 0.5) is 5.82 Å². The number of nitrogens with zero attached hydrogens (tertiary/aromatic N) is 4. The Bertz CT molecular complexity index is 660. The smallest absolute Gasteiger partial charge is 0.230 e. The lowest BCUT2D eigenvalue weighted by Gasteiger charge is -2.40. The molecule has 0 saturated carbocycles. The van der Waals surface area contributed by atoms with Crippen LogP contribution < -0.4 is 10.2 Å². The van der Waals surface area contributed by atoms with Gasteiger partial charge < -0.3 is 15.1 Å². The topological polar surface area (TPSA) is 78.4 Å². The number of carbonyl (C=O) groups is 2. The van der Waals surface area contributed by atoms with Crippen molar-refractivity contribution >= 4 is 41.0 Å². The fraction of sp³-hybridized carbons (Fsp3) is 0.647. The number of halogens is 1. The van der Waals surface area contributed by atoms with Gasteiger partial charge in [-0.15, -0.1) is 0 Å². The minimum absolute atomic E-state index is 0.0434. The molecule has 0 aromatic carbocycles. The van der Waals surface area contributed by atoms with Gasteiger partial charge in [-0.3, -0.25) is 9.59 Å². The summed E-state index contributed by atoms with van der Waals surface area (Å²) in [6.45, 7) is 9.63. The first kappa shape index (κ1) is 20.8. The molecule has 2 unspecified atom stereocenters. The largest absolute Gasteiger partial charge is 0.353 e. The van der Waals surface area contributed by atoms with Crippen LogP contribution in [0.25, 0.3) is 0 Å². The molecule has 1 aliphatic heterocycles. The molecule has 26 heavy (non-hydrogen) atoms. The zero-order valence-corrected chi connectivity index (χ0v) is 17.2. The van der Waals surface area contributed by atoms with Crippen molar-refractivity contribution in [2.24, 2.45) is 0 Å². The number of hydrogen-bond acceptors (Lipinski definition) is 6. The average molecular weight is 400 g/mol.